The minimum atomic E-state index is -0.591. The number of hydrogen-bond donors (Lipinski definition) is 2. The summed E-state index contributed by atoms with van der Waals surface area (Å²) in [6, 6.07) is 4.76. The lowest BCUT2D eigenvalue weighted by Crippen LogP contribution is -2.22. The Morgan fingerprint density at radius 2 is 2.06 bits per heavy atom. The summed E-state index contributed by atoms with van der Waals surface area (Å²) in [6.45, 7) is 5.91. The number of amides is 2. The SMILES string of the molecule is CCN(CC)c1ccc(NC(N)=O)cc1Cl. The molecule has 16 heavy (non-hydrogen) atoms. The van der Waals surface area contributed by atoms with Crippen molar-refractivity contribution in [3.63, 3.8) is 0 Å². The number of urea groups is 1. The fourth-order valence-corrected chi connectivity index (χ4v) is 1.85. The molecule has 0 aromatic heterocycles. The van der Waals surface area contributed by atoms with E-state index in [4.69, 9.17) is 17.3 Å². The Bertz CT molecular complexity index is 377. The van der Waals surface area contributed by atoms with E-state index in [1.54, 1.807) is 12.1 Å². The van der Waals surface area contributed by atoms with Crippen molar-refractivity contribution in [3.8, 4) is 0 Å². The monoisotopic (exact) mass is 241 g/mol. The quantitative estimate of drug-likeness (QED) is 0.852. The minimum Gasteiger partial charge on any atom is -0.371 e. The first-order valence-electron chi connectivity index (χ1n) is 5.19. The van der Waals surface area contributed by atoms with Gasteiger partial charge in [-0.2, -0.15) is 0 Å². The highest BCUT2D eigenvalue weighted by Crippen LogP contribution is 2.28. The third-order valence-corrected chi connectivity index (χ3v) is 2.62. The number of rotatable bonds is 4. The van der Waals surface area contributed by atoms with E-state index in [0.717, 1.165) is 18.8 Å². The summed E-state index contributed by atoms with van der Waals surface area (Å²) >= 11 is 6.13. The number of carbonyl (C=O) groups excluding carboxylic acids is 1. The normalized spacial score (nSPS) is 9.94. The number of primary amides is 1. The molecule has 1 aromatic carbocycles. The third kappa shape index (κ3) is 3.03. The molecule has 0 radical (unpaired) electrons. The molecular weight excluding hydrogens is 226 g/mol. The maximum Gasteiger partial charge on any atom is 0.316 e. The second kappa shape index (κ2) is 5.61. The zero-order valence-electron chi connectivity index (χ0n) is 9.46. The first-order valence-corrected chi connectivity index (χ1v) is 5.57. The van der Waals surface area contributed by atoms with Gasteiger partial charge in [-0.25, -0.2) is 4.79 Å². The molecule has 1 rings (SSSR count). The van der Waals surface area contributed by atoms with Gasteiger partial charge in [-0.15, -0.1) is 0 Å². The standard InChI is InChI=1S/C11H16ClN3O/c1-3-15(4-2)10-6-5-8(7-9(10)12)14-11(13)16/h5-7H,3-4H2,1-2H3,(H3,13,14,16). The van der Waals surface area contributed by atoms with Crippen LogP contribution in [0.2, 0.25) is 5.02 Å². The summed E-state index contributed by atoms with van der Waals surface area (Å²) < 4.78 is 0. The average Bonchev–Trinajstić information content (AvgIpc) is 2.21. The molecule has 0 heterocycles. The van der Waals surface area contributed by atoms with Crippen LogP contribution in [-0.4, -0.2) is 19.1 Å². The second-order valence-electron chi connectivity index (χ2n) is 3.33. The van der Waals surface area contributed by atoms with E-state index in [9.17, 15) is 4.79 Å². The van der Waals surface area contributed by atoms with E-state index < -0.39 is 6.03 Å². The van der Waals surface area contributed by atoms with Crippen molar-refractivity contribution in [2.75, 3.05) is 23.3 Å². The Balaban J connectivity index is 2.94. The predicted octanol–water partition coefficient (Wildman–Crippen LogP) is 2.68. The topological polar surface area (TPSA) is 58.4 Å². The van der Waals surface area contributed by atoms with Crippen LogP contribution in [0, 0.1) is 0 Å². The van der Waals surface area contributed by atoms with Crippen molar-refractivity contribution in [2.24, 2.45) is 5.73 Å². The highest BCUT2D eigenvalue weighted by atomic mass is 35.5. The number of halogens is 1. The summed E-state index contributed by atoms with van der Waals surface area (Å²) in [7, 11) is 0. The first kappa shape index (κ1) is 12.6. The Kier molecular flexibility index (Phi) is 4.43. The molecule has 4 nitrogen and oxygen atoms in total. The van der Waals surface area contributed by atoms with Crippen molar-refractivity contribution in [2.45, 2.75) is 13.8 Å². The molecule has 3 N–H and O–H groups in total. The van der Waals surface area contributed by atoms with E-state index in [1.165, 1.54) is 0 Å². The number of nitrogens with one attached hydrogen (secondary N) is 1. The van der Waals surface area contributed by atoms with Gasteiger partial charge in [0.15, 0.2) is 0 Å². The highest BCUT2D eigenvalue weighted by molar-refractivity contribution is 6.33. The van der Waals surface area contributed by atoms with Crippen molar-refractivity contribution < 1.29 is 4.79 Å². The van der Waals surface area contributed by atoms with Crippen LogP contribution >= 0.6 is 11.6 Å². The van der Waals surface area contributed by atoms with Crippen LogP contribution < -0.4 is 16.0 Å². The molecule has 0 spiro atoms. The van der Waals surface area contributed by atoms with E-state index in [-0.39, 0.29) is 0 Å². The molecule has 0 saturated carbocycles. The second-order valence-corrected chi connectivity index (χ2v) is 3.73. The molecule has 1 aromatic rings. The van der Waals surface area contributed by atoms with Crippen molar-refractivity contribution in [3.05, 3.63) is 23.2 Å². The summed E-state index contributed by atoms with van der Waals surface area (Å²) in [5.41, 5.74) is 6.59. The molecule has 0 atom stereocenters. The predicted molar refractivity (Wildman–Crippen MR) is 68.2 cm³/mol. The van der Waals surface area contributed by atoms with Gasteiger partial charge in [0.2, 0.25) is 0 Å². The zero-order valence-corrected chi connectivity index (χ0v) is 10.2. The summed E-state index contributed by atoms with van der Waals surface area (Å²) in [5.74, 6) is 0. The lowest BCUT2D eigenvalue weighted by molar-refractivity contribution is 0.259. The molecule has 0 aliphatic rings. The van der Waals surface area contributed by atoms with Gasteiger partial charge < -0.3 is 16.0 Å². The minimum absolute atomic E-state index is 0.591. The largest absolute Gasteiger partial charge is 0.371 e. The zero-order chi connectivity index (χ0) is 12.1. The Hall–Kier alpha value is -1.42. The number of nitrogens with two attached hydrogens (primary N) is 1. The van der Waals surface area contributed by atoms with E-state index >= 15 is 0 Å². The molecule has 0 bridgehead atoms. The molecule has 88 valence electrons. The van der Waals surface area contributed by atoms with Gasteiger partial charge >= 0.3 is 6.03 Å². The van der Waals surface area contributed by atoms with E-state index in [1.807, 2.05) is 6.07 Å². The third-order valence-electron chi connectivity index (χ3n) is 2.32. The fraction of sp³-hybridized carbons (Fsp3) is 0.364. The molecule has 0 unspecified atom stereocenters. The summed E-state index contributed by atoms with van der Waals surface area (Å²) in [5, 5.41) is 3.09. The number of hydrogen-bond acceptors (Lipinski definition) is 2. The average molecular weight is 242 g/mol. The van der Waals surface area contributed by atoms with Crippen LogP contribution in [0.5, 0.6) is 0 Å². The van der Waals surface area contributed by atoms with Crippen LogP contribution in [0.15, 0.2) is 18.2 Å². The van der Waals surface area contributed by atoms with Crippen LogP contribution in [0.25, 0.3) is 0 Å². The summed E-state index contributed by atoms with van der Waals surface area (Å²) in [6.07, 6.45) is 0. The van der Waals surface area contributed by atoms with Crippen LogP contribution in [0.4, 0.5) is 16.2 Å². The number of anilines is 2. The Labute approximate surface area is 100 Å². The fourth-order valence-electron chi connectivity index (χ4n) is 1.55. The van der Waals surface area contributed by atoms with Crippen molar-refractivity contribution in [1.29, 1.82) is 0 Å². The molecular formula is C11H16ClN3O. The van der Waals surface area contributed by atoms with Crippen molar-refractivity contribution in [1.82, 2.24) is 0 Å². The van der Waals surface area contributed by atoms with Gasteiger partial charge in [0.1, 0.15) is 0 Å². The van der Waals surface area contributed by atoms with Gasteiger partial charge in [-0.1, -0.05) is 11.6 Å². The summed E-state index contributed by atoms with van der Waals surface area (Å²) in [4.78, 5) is 12.8. The maximum absolute atomic E-state index is 10.7. The molecule has 0 fully saturated rings. The lowest BCUT2D eigenvalue weighted by Gasteiger charge is -2.22. The van der Waals surface area contributed by atoms with Gasteiger partial charge in [0.05, 0.1) is 10.7 Å². The molecule has 5 heteroatoms. The number of nitrogens with zero attached hydrogens (tertiary/aromatic N) is 1. The van der Waals surface area contributed by atoms with Crippen LogP contribution in [-0.2, 0) is 0 Å². The number of benzene rings is 1. The highest BCUT2D eigenvalue weighted by Gasteiger charge is 2.07. The van der Waals surface area contributed by atoms with Crippen molar-refractivity contribution >= 4 is 29.0 Å². The molecule has 0 aliphatic heterocycles. The maximum atomic E-state index is 10.7. The van der Waals surface area contributed by atoms with Gasteiger partial charge in [0, 0.05) is 18.8 Å². The Morgan fingerprint density at radius 1 is 1.44 bits per heavy atom. The lowest BCUT2D eigenvalue weighted by atomic mass is 10.2. The molecule has 0 aliphatic carbocycles. The Morgan fingerprint density at radius 3 is 2.50 bits per heavy atom. The smallest absolute Gasteiger partial charge is 0.316 e. The van der Waals surface area contributed by atoms with E-state index in [0.29, 0.717) is 10.7 Å². The van der Waals surface area contributed by atoms with Crippen LogP contribution in [0.1, 0.15) is 13.8 Å². The van der Waals surface area contributed by atoms with Gasteiger partial charge in [-0.05, 0) is 32.0 Å². The van der Waals surface area contributed by atoms with Gasteiger partial charge in [0.25, 0.3) is 0 Å². The molecule has 0 saturated heterocycles. The van der Waals surface area contributed by atoms with E-state index in [2.05, 4.69) is 24.1 Å². The molecule has 2 amide bonds. The first-order chi connectivity index (χ1) is 7.58. The number of carbonyl (C=O) groups is 1. The van der Waals surface area contributed by atoms with Gasteiger partial charge in [-0.3, -0.25) is 0 Å². The van der Waals surface area contributed by atoms with Crippen LogP contribution in [0.3, 0.4) is 0 Å².